The van der Waals surface area contributed by atoms with Crippen molar-refractivity contribution in [2.45, 2.75) is 55.6 Å². The van der Waals surface area contributed by atoms with Crippen molar-refractivity contribution < 1.29 is 17.9 Å². The number of methoxy groups -OCH3 is 1. The fourth-order valence-electron chi connectivity index (χ4n) is 7.16. The van der Waals surface area contributed by atoms with E-state index < -0.39 is 10.0 Å². The molecule has 4 fully saturated rings. The number of para-hydroxylation sites is 1. The molecule has 7 atom stereocenters. The van der Waals surface area contributed by atoms with E-state index >= 15 is 0 Å². The molecule has 0 amide bonds. The summed E-state index contributed by atoms with van der Waals surface area (Å²) < 4.78 is 35.1. The normalized spacial score (nSPS) is 34.6. The van der Waals surface area contributed by atoms with E-state index in [1.54, 1.807) is 16.4 Å². The van der Waals surface area contributed by atoms with Crippen molar-refractivity contribution >= 4 is 21.7 Å². The number of sulfonamides is 1. The highest BCUT2D eigenvalue weighted by atomic mass is 32.2. The molecule has 0 aliphatic carbocycles. The van der Waals surface area contributed by atoms with Gasteiger partial charge in [0.2, 0.25) is 0 Å². The van der Waals surface area contributed by atoms with E-state index in [0.717, 1.165) is 36.2 Å². The number of piperidine rings is 4. The molecule has 2 aromatic carbocycles. The van der Waals surface area contributed by atoms with Crippen molar-refractivity contribution in [2.75, 3.05) is 18.0 Å². The van der Waals surface area contributed by atoms with Gasteiger partial charge in [-0.05, 0) is 56.4 Å². The van der Waals surface area contributed by atoms with E-state index in [-0.39, 0.29) is 41.8 Å². The van der Waals surface area contributed by atoms with Crippen LogP contribution in [0.4, 0.5) is 5.69 Å². The second-order valence-corrected chi connectivity index (χ2v) is 11.9. The summed E-state index contributed by atoms with van der Waals surface area (Å²) in [4.78, 5) is 15.6. The highest BCUT2D eigenvalue weighted by Gasteiger charge is 2.62. The lowest BCUT2D eigenvalue weighted by molar-refractivity contribution is -0.160. The average Bonchev–Trinajstić information content (AvgIpc) is 3.19. The number of aryl methyl sites for hydroxylation is 1. The molecule has 4 bridgehead atoms. The van der Waals surface area contributed by atoms with Crippen LogP contribution in [-0.4, -0.2) is 51.1 Å². The maximum absolute atomic E-state index is 14.1. The smallest absolute Gasteiger partial charge is 0.310 e. The Balaban J connectivity index is 1.48. The molecule has 5 aliphatic heterocycles. The van der Waals surface area contributed by atoms with Crippen LogP contribution in [0, 0.1) is 18.8 Å². The van der Waals surface area contributed by atoms with E-state index in [1.165, 1.54) is 12.7 Å². The molecule has 7 heteroatoms. The number of hydrogen-bond acceptors (Lipinski definition) is 5. The molecule has 0 aromatic heterocycles. The monoisotopic (exact) mass is 478 g/mol. The Hall–Kier alpha value is -2.64. The van der Waals surface area contributed by atoms with E-state index in [1.807, 2.05) is 44.2 Å². The Morgan fingerprint density at radius 1 is 1.03 bits per heavy atom. The number of ether oxygens (including phenoxy) is 1. The molecule has 0 spiro atoms. The van der Waals surface area contributed by atoms with Crippen LogP contribution in [0.15, 0.2) is 65.1 Å². The van der Waals surface area contributed by atoms with Gasteiger partial charge in [0.05, 0.1) is 29.7 Å². The first-order valence-electron chi connectivity index (χ1n) is 12.1. The highest BCUT2D eigenvalue weighted by Crippen LogP contribution is 2.58. The molecule has 0 N–H and O–H groups in total. The first-order chi connectivity index (χ1) is 16.4. The Kier molecular flexibility index (Phi) is 4.94. The molecule has 5 aliphatic rings. The summed E-state index contributed by atoms with van der Waals surface area (Å²) in [5, 5.41) is 0. The van der Waals surface area contributed by atoms with Gasteiger partial charge < -0.3 is 4.74 Å². The molecule has 7 rings (SSSR count). The molecule has 178 valence electrons. The van der Waals surface area contributed by atoms with Gasteiger partial charge >= 0.3 is 5.97 Å². The Morgan fingerprint density at radius 3 is 2.44 bits per heavy atom. The Bertz CT molecular complexity index is 1290. The molecule has 3 unspecified atom stereocenters. The van der Waals surface area contributed by atoms with E-state index in [0.29, 0.717) is 4.90 Å². The summed E-state index contributed by atoms with van der Waals surface area (Å²) in [5.74, 6) is -0.183. The van der Waals surface area contributed by atoms with E-state index in [2.05, 4.69) is 17.0 Å². The van der Waals surface area contributed by atoms with Gasteiger partial charge in [0.15, 0.2) is 0 Å². The lowest BCUT2D eigenvalue weighted by Gasteiger charge is -2.61. The maximum Gasteiger partial charge on any atom is 0.310 e. The van der Waals surface area contributed by atoms with Crippen LogP contribution >= 0.6 is 0 Å². The third kappa shape index (κ3) is 2.89. The zero-order valence-corrected chi connectivity index (χ0v) is 20.5. The Labute approximate surface area is 201 Å². The predicted octanol–water partition coefficient (Wildman–Crippen LogP) is 3.87. The van der Waals surface area contributed by atoms with Crippen LogP contribution in [0.2, 0.25) is 0 Å². The van der Waals surface area contributed by atoms with Gasteiger partial charge in [-0.25, -0.2) is 8.42 Å². The minimum Gasteiger partial charge on any atom is -0.469 e. The number of anilines is 1. The van der Waals surface area contributed by atoms with Crippen LogP contribution < -0.4 is 4.31 Å². The minimum atomic E-state index is -3.75. The number of nitrogens with zero attached hydrogens (tertiary/aromatic N) is 2. The molecule has 2 aromatic rings. The fraction of sp³-hybridized carbons (Fsp3) is 0.444. The van der Waals surface area contributed by atoms with Gasteiger partial charge in [-0.15, -0.1) is 0 Å². The van der Waals surface area contributed by atoms with Gasteiger partial charge in [0.25, 0.3) is 10.0 Å². The molecular weight excluding hydrogens is 448 g/mol. The number of rotatable bonds is 3. The quantitative estimate of drug-likeness (QED) is 0.495. The van der Waals surface area contributed by atoms with Crippen LogP contribution in [0.1, 0.15) is 36.8 Å². The third-order valence-corrected chi connectivity index (χ3v) is 10.4. The van der Waals surface area contributed by atoms with Crippen molar-refractivity contribution in [3.63, 3.8) is 0 Å². The number of carbonyl (C=O) groups is 1. The summed E-state index contributed by atoms with van der Waals surface area (Å²) in [6.07, 6.45) is 3.65. The highest BCUT2D eigenvalue weighted by molar-refractivity contribution is 7.92. The Morgan fingerprint density at radius 2 is 1.74 bits per heavy atom. The second-order valence-electron chi connectivity index (χ2n) is 10.1. The van der Waals surface area contributed by atoms with E-state index in [4.69, 9.17) is 4.74 Å². The minimum absolute atomic E-state index is 0.0583. The van der Waals surface area contributed by atoms with Gasteiger partial charge in [-0.2, -0.15) is 0 Å². The van der Waals surface area contributed by atoms with Crippen LogP contribution in [-0.2, 0) is 19.6 Å². The number of benzene rings is 2. The lowest BCUT2D eigenvalue weighted by Crippen LogP contribution is -2.71. The maximum atomic E-state index is 14.1. The van der Waals surface area contributed by atoms with Crippen molar-refractivity contribution in [3.05, 3.63) is 71.3 Å². The summed E-state index contributed by atoms with van der Waals surface area (Å²) in [7, 11) is -2.27. The number of esters is 1. The van der Waals surface area contributed by atoms with Gasteiger partial charge in [-0.3, -0.25) is 14.0 Å². The summed E-state index contributed by atoms with van der Waals surface area (Å²) >= 11 is 0. The predicted molar refractivity (Wildman–Crippen MR) is 130 cm³/mol. The largest absolute Gasteiger partial charge is 0.469 e. The van der Waals surface area contributed by atoms with Gasteiger partial charge in [-0.1, -0.05) is 47.5 Å². The van der Waals surface area contributed by atoms with Crippen molar-refractivity contribution in [2.24, 2.45) is 11.8 Å². The van der Waals surface area contributed by atoms with Gasteiger partial charge in [0.1, 0.15) is 0 Å². The molecule has 0 saturated carbocycles. The first kappa shape index (κ1) is 21.9. The van der Waals surface area contributed by atoms with Crippen LogP contribution in [0.5, 0.6) is 0 Å². The molecule has 34 heavy (non-hydrogen) atoms. The first-order valence-corrected chi connectivity index (χ1v) is 13.5. The standard InChI is InChI=1S/C27H30N2O4S/c1-4-17-15-28-23-14-21-19-7-5-6-8-22(19)29(34(31,32)18-11-9-16(2)10-12-18)26(21)24(28)13-20(17)25(23)27(30)33-3/h4-12,20-21,23-26H,13-15H2,1-3H3/b17-4-/t20?,21-,23?,24-,25+,26+/m1/s1. The van der Waals surface area contributed by atoms with Crippen molar-refractivity contribution in [1.82, 2.24) is 4.90 Å². The second kappa shape index (κ2) is 7.68. The van der Waals surface area contributed by atoms with Gasteiger partial charge in [0, 0.05) is 24.5 Å². The number of fused-ring (bicyclic) bond motifs is 4. The fourth-order valence-corrected chi connectivity index (χ4v) is 8.90. The lowest BCUT2D eigenvalue weighted by atomic mass is 9.60. The third-order valence-electron chi connectivity index (χ3n) is 8.61. The summed E-state index contributed by atoms with van der Waals surface area (Å²) in [6, 6.07) is 15.0. The topological polar surface area (TPSA) is 66.9 Å². The molecule has 0 radical (unpaired) electrons. The van der Waals surface area contributed by atoms with Crippen molar-refractivity contribution in [1.29, 1.82) is 0 Å². The molecule has 4 saturated heterocycles. The summed E-state index contributed by atoms with van der Waals surface area (Å²) in [5.41, 5.74) is 4.16. The average molecular weight is 479 g/mol. The number of hydrogen-bond donors (Lipinski definition) is 0. The zero-order chi connectivity index (χ0) is 23.8. The van der Waals surface area contributed by atoms with Crippen LogP contribution in [0.25, 0.3) is 0 Å². The van der Waals surface area contributed by atoms with E-state index in [9.17, 15) is 13.2 Å². The molecular formula is C27H30N2O4S. The SMILES string of the molecule is C/C=C1/CN2C3C[C@@H]4c5ccccc5N(S(=O)(=O)c5ccc(C)cc5)[C@@H]4[C@H]2CC1[C@@H]3C(=O)OC. The number of allylic oxidation sites excluding steroid dienone is 1. The molecule has 5 heterocycles. The summed E-state index contributed by atoms with van der Waals surface area (Å²) in [6.45, 7) is 4.78. The molecule has 6 nitrogen and oxygen atoms in total. The van der Waals surface area contributed by atoms with Crippen molar-refractivity contribution in [3.8, 4) is 0 Å². The van der Waals surface area contributed by atoms with Crippen LogP contribution in [0.3, 0.4) is 0 Å². The number of carbonyl (C=O) groups excluding carboxylic acids is 1. The zero-order valence-electron chi connectivity index (χ0n) is 19.7.